The van der Waals surface area contributed by atoms with Crippen molar-refractivity contribution in [2.75, 3.05) is 11.1 Å². The maximum absolute atomic E-state index is 13.5. The number of halogens is 2. The first-order valence-corrected chi connectivity index (χ1v) is 13.8. The number of thioether (sulfide) groups is 1. The number of carbonyl (C=O) groups excluding carboxylic acids is 1. The molecule has 1 atom stereocenters. The van der Waals surface area contributed by atoms with E-state index in [9.17, 15) is 4.79 Å². The molecule has 0 amide bonds. The van der Waals surface area contributed by atoms with Crippen molar-refractivity contribution in [2.24, 2.45) is 5.41 Å². The molecule has 36 heavy (non-hydrogen) atoms. The lowest BCUT2D eigenvalue weighted by molar-refractivity contribution is -0.118. The second-order valence-corrected chi connectivity index (χ2v) is 11.8. The molecule has 1 N–H and O–H groups in total. The second kappa shape index (κ2) is 10.1. The number of nitrogens with one attached hydrogen (secondary N) is 1. The number of hydrogen-bond acceptors (Lipinski definition) is 6. The minimum atomic E-state index is -0.430. The van der Waals surface area contributed by atoms with E-state index in [4.69, 9.17) is 38.0 Å². The van der Waals surface area contributed by atoms with Crippen molar-refractivity contribution in [3.8, 4) is 5.75 Å². The number of anilines is 1. The van der Waals surface area contributed by atoms with Gasteiger partial charge < -0.3 is 10.1 Å². The summed E-state index contributed by atoms with van der Waals surface area (Å²) in [5.41, 5.74) is 3.22. The predicted octanol–water partition coefficient (Wildman–Crippen LogP) is 7.32. The number of benzene rings is 2. The Morgan fingerprint density at radius 2 is 2.00 bits per heavy atom. The van der Waals surface area contributed by atoms with Crippen molar-refractivity contribution in [3.63, 3.8) is 0 Å². The molecule has 1 aliphatic carbocycles. The molecule has 6 nitrogen and oxygen atoms in total. The van der Waals surface area contributed by atoms with E-state index in [0.29, 0.717) is 33.3 Å². The van der Waals surface area contributed by atoms with Crippen molar-refractivity contribution in [2.45, 2.75) is 57.8 Å². The number of ether oxygens (including phenoxy) is 1. The summed E-state index contributed by atoms with van der Waals surface area (Å²) in [4.78, 5) is 18.3. The second-order valence-electron chi connectivity index (χ2n) is 9.93. The summed E-state index contributed by atoms with van der Waals surface area (Å²) < 4.78 is 8.13. The maximum atomic E-state index is 13.5. The largest absolute Gasteiger partial charge is 0.488 e. The lowest BCUT2D eigenvalue weighted by Gasteiger charge is -2.38. The summed E-state index contributed by atoms with van der Waals surface area (Å²) in [7, 11) is 0. The van der Waals surface area contributed by atoms with Crippen LogP contribution < -0.4 is 10.1 Å². The van der Waals surface area contributed by atoms with Gasteiger partial charge in [-0.2, -0.15) is 4.98 Å². The molecule has 0 spiro atoms. The fourth-order valence-electron chi connectivity index (χ4n) is 4.76. The van der Waals surface area contributed by atoms with Gasteiger partial charge in [-0.15, -0.1) is 5.10 Å². The van der Waals surface area contributed by atoms with Gasteiger partial charge >= 0.3 is 0 Å². The molecule has 188 valence electrons. The van der Waals surface area contributed by atoms with Gasteiger partial charge in [0.1, 0.15) is 18.4 Å². The molecule has 1 aliphatic heterocycles. The van der Waals surface area contributed by atoms with Crippen molar-refractivity contribution in [1.29, 1.82) is 0 Å². The number of allylic oxidation sites excluding steroid dienone is 2. The Hall–Kier alpha value is -2.48. The Labute approximate surface area is 225 Å². The first kappa shape index (κ1) is 25.2. The quantitative estimate of drug-likeness (QED) is 0.315. The van der Waals surface area contributed by atoms with Crippen LogP contribution in [0.5, 0.6) is 5.75 Å². The smallest absolute Gasteiger partial charge is 0.227 e. The molecule has 2 heterocycles. The normalized spacial score (nSPS) is 18.5. The van der Waals surface area contributed by atoms with Gasteiger partial charge in [-0.05, 0) is 36.5 Å². The number of hydrogen-bond donors (Lipinski definition) is 1. The summed E-state index contributed by atoms with van der Waals surface area (Å²) >= 11 is 14.1. The molecule has 0 radical (unpaired) electrons. The number of para-hydroxylation sites is 1. The number of rotatable bonds is 7. The van der Waals surface area contributed by atoms with Crippen LogP contribution in [0.4, 0.5) is 5.95 Å². The van der Waals surface area contributed by atoms with Gasteiger partial charge in [-0.25, -0.2) is 4.68 Å². The van der Waals surface area contributed by atoms with E-state index in [1.54, 1.807) is 23.9 Å². The minimum Gasteiger partial charge on any atom is -0.488 e. The van der Waals surface area contributed by atoms with Crippen molar-refractivity contribution in [1.82, 2.24) is 14.8 Å². The van der Waals surface area contributed by atoms with E-state index in [0.717, 1.165) is 41.0 Å². The number of nitrogens with zero attached hydrogens (tertiary/aromatic N) is 3. The number of fused-ring (bicyclic) bond motifs is 1. The third-order valence-electron chi connectivity index (χ3n) is 6.36. The summed E-state index contributed by atoms with van der Waals surface area (Å²) in [5.74, 6) is 2.37. The molecule has 0 saturated carbocycles. The molecule has 3 aromatic rings. The highest BCUT2D eigenvalue weighted by atomic mass is 35.5. The van der Waals surface area contributed by atoms with Crippen LogP contribution in [0.25, 0.3) is 0 Å². The predicted molar refractivity (Wildman–Crippen MR) is 145 cm³/mol. The third-order valence-corrected chi connectivity index (χ3v) is 7.99. The molecule has 9 heteroatoms. The van der Waals surface area contributed by atoms with Crippen LogP contribution in [0.1, 0.15) is 57.2 Å². The summed E-state index contributed by atoms with van der Waals surface area (Å²) in [6.07, 6.45) is 2.27. The van der Waals surface area contributed by atoms with E-state index >= 15 is 0 Å². The Balaban J connectivity index is 1.57. The molecule has 0 saturated heterocycles. The van der Waals surface area contributed by atoms with Gasteiger partial charge in [0.2, 0.25) is 11.1 Å². The summed E-state index contributed by atoms with van der Waals surface area (Å²) in [6, 6.07) is 12.7. The zero-order chi connectivity index (χ0) is 25.4. The highest BCUT2D eigenvalue weighted by molar-refractivity contribution is 7.99. The van der Waals surface area contributed by atoms with Crippen LogP contribution in [-0.4, -0.2) is 26.3 Å². The Morgan fingerprint density at radius 3 is 2.78 bits per heavy atom. The molecular weight excluding hydrogens is 515 g/mol. The number of ketones is 1. The van der Waals surface area contributed by atoms with Crippen LogP contribution >= 0.6 is 35.0 Å². The van der Waals surface area contributed by atoms with Crippen molar-refractivity contribution in [3.05, 3.63) is 74.9 Å². The van der Waals surface area contributed by atoms with Crippen molar-refractivity contribution < 1.29 is 9.53 Å². The molecule has 2 aromatic carbocycles. The molecule has 0 bridgehead atoms. The third kappa shape index (κ3) is 5.01. The summed E-state index contributed by atoms with van der Waals surface area (Å²) in [6.45, 7) is 6.65. The van der Waals surface area contributed by atoms with Gasteiger partial charge in [0.05, 0.1) is 0 Å². The highest BCUT2D eigenvalue weighted by Crippen LogP contribution is 2.47. The first-order chi connectivity index (χ1) is 17.3. The fraction of sp³-hybridized carbons (Fsp3) is 0.370. The van der Waals surface area contributed by atoms with Crippen LogP contribution in [0.15, 0.2) is 58.9 Å². The fourth-order valence-corrected chi connectivity index (χ4v) is 5.91. The van der Waals surface area contributed by atoms with Gasteiger partial charge in [-0.3, -0.25) is 4.79 Å². The molecule has 0 fully saturated rings. The lowest BCUT2D eigenvalue weighted by Crippen LogP contribution is -2.36. The summed E-state index contributed by atoms with van der Waals surface area (Å²) in [5, 5.41) is 10.1. The monoisotopic (exact) mass is 542 g/mol. The molecule has 1 aromatic heterocycles. The van der Waals surface area contributed by atoms with Gasteiger partial charge in [0, 0.05) is 44.6 Å². The zero-order valence-corrected chi connectivity index (χ0v) is 22.8. The van der Waals surface area contributed by atoms with Gasteiger partial charge in [0.15, 0.2) is 5.78 Å². The molecule has 2 aliphatic rings. The maximum Gasteiger partial charge on any atom is 0.227 e. The van der Waals surface area contributed by atoms with Crippen LogP contribution in [0.3, 0.4) is 0 Å². The molecule has 5 rings (SSSR count). The number of aromatic nitrogens is 3. The molecular formula is C27H28Cl2N4O2S. The lowest BCUT2D eigenvalue weighted by atomic mass is 9.73. The van der Waals surface area contributed by atoms with E-state index in [1.807, 2.05) is 35.0 Å². The number of Topliss-reactive ketones (excluding diaryl/α,β-unsaturated/α-hetero) is 1. The topological polar surface area (TPSA) is 69.0 Å². The Kier molecular flexibility index (Phi) is 7.07. The van der Waals surface area contributed by atoms with E-state index in [2.05, 4.69) is 26.1 Å². The van der Waals surface area contributed by atoms with E-state index in [1.165, 1.54) is 0 Å². The zero-order valence-electron chi connectivity index (χ0n) is 20.5. The number of carbonyl (C=O) groups is 1. The Bertz CT molecular complexity index is 1350. The van der Waals surface area contributed by atoms with E-state index < -0.39 is 6.04 Å². The average molecular weight is 544 g/mol. The first-order valence-electron chi connectivity index (χ1n) is 12.0. The average Bonchev–Trinajstić information content (AvgIpc) is 3.23. The minimum absolute atomic E-state index is 0.123. The SMILES string of the molecule is CCCSc1nc2n(n1)C(c1ccccc1OCc1ccc(Cl)cc1Cl)C1=C(CC(C)(C)CC1=O)N2. The van der Waals surface area contributed by atoms with Gasteiger partial charge in [0.25, 0.3) is 0 Å². The Morgan fingerprint density at radius 1 is 1.19 bits per heavy atom. The van der Waals surface area contributed by atoms with Crippen LogP contribution in [0.2, 0.25) is 10.0 Å². The standard InChI is InChI=1S/C27H28Cl2N4O2S/c1-4-11-36-26-31-25-30-20-13-27(2,3)14-21(34)23(20)24(33(25)32-26)18-7-5-6-8-22(18)35-15-16-9-10-17(28)12-19(16)29/h5-10,12,24H,4,11,13-15H2,1-3H3,(H,30,31,32). The van der Waals surface area contributed by atoms with Crippen LogP contribution in [0, 0.1) is 5.41 Å². The highest BCUT2D eigenvalue weighted by Gasteiger charge is 2.42. The molecule has 1 unspecified atom stereocenters. The van der Waals surface area contributed by atoms with E-state index in [-0.39, 0.29) is 17.8 Å². The van der Waals surface area contributed by atoms with Crippen LogP contribution in [-0.2, 0) is 11.4 Å². The van der Waals surface area contributed by atoms with Crippen molar-refractivity contribution >= 4 is 46.7 Å². The van der Waals surface area contributed by atoms with Gasteiger partial charge in [-0.1, -0.05) is 80.0 Å².